The van der Waals surface area contributed by atoms with Gasteiger partial charge in [-0.3, -0.25) is 4.90 Å². The maximum absolute atomic E-state index is 4.76. The number of nitrogens with zero attached hydrogens (tertiary/aromatic N) is 4. The van der Waals surface area contributed by atoms with Gasteiger partial charge in [-0.25, -0.2) is 9.97 Å². The minimum atomic E-state index is 0.686. The fourth-order valence-corrected chi connectivity index (χ4v) is 3.88. The lowest BCUT2D eigenvalue weighted by Crippen LogP contribution is -2.37. The minimum Gasteiger partial charge on any atom is -0.355 e. The normalized spacial score (nSPS) is 26.9. The number of aryl methyl sites for hydroxylation is 1. The van der Waals surface area contributed by atoms with Gasteiger partial charge in [-0.2, -0.15) is 0 Å². The average Bonchev–Trinajstić information content (AvgIpc) is 2.62. The van der Waals surface area contributed by atoms with E-state index in [2.05, 4.69) is 50.8 Å². The predicted octanol–water partition coefficient (Wildman–Crippen LogP) is 2.86. The Morgan fingerprint density at radius 1 is 1.25 bits per heavy atom. The molecule has 110 valence electrons. The smallest absolute Gasteiger partial charge is 0.133 e. The van der Waals surface area contributed by atoms with Crippen LogP contribution in [0, 0.1) is 0 Å². The molecule has 5 heteroatoms. The third-order valence-electron chi connectivity index (χ3n) is 4.67. The molecule has 2 fully saturated rings. The van der Waals surface area contributed by atoms with E-state index in [9.17, 15) is 0 Å². The summed E-state index contributed by atoms with van der Waals surface area (Å²) in [5.74, 6) is 2.05. The first-order valence-electron chi connectivity index (χ1n) is 7.67. The maximum Gasteiger partial charge on any atom is 0.133 e. The number of halogens is 1. The SMILES string of the molecule is CCCc1nc(Br)cc(N2CCC3CCC(C2)N3C)n1. The van der Waals surface area contributed by atoms with E-state index < -0.39 is 0 Å². The highest BCUT2D eigenvalue weighted by Gasteiger charge is 2.35. The Hall–Kier alpha value is -0.680. The topological polar surface area (TPSA) is 32.3 Å². The van der Waals surface area contributed by atoms with Crippen LogP contribution in [0.1, 0.15) is 38.4 Å². The Labute approximate surface area is 129 Å². The highest BCUT2D eigenvalue weighted by molar-refractivity contribution is 9.10. The van der Waals surface area contributed by atoms with Crippen molar-refractivity contribution in [3.05, 3.63) is 16.5 Å². The number of anilines is 1. The van der Waals surface area contributed by atoms with Crippen molar-refractivity contribution in [1.82, 2.24) is 14.9 Å². The van der Waals surface area contributed by atoms with Gasteiger partial charge in [0.1, 0.15) is 16.2 Å². The number of hydrogen-bond donors (Lipinski definition) is 0. The van der Waals surface area contributed by atoms with E-state index in [1.54, 1.807) is 0 Å². The van der Waals surface area contributed by atoms with Gasteiger partial charge in [0.15, 0.2) is 0 Å². The summed E-state index contributed by atoms with van der Waals surface area (Å²) in [6, 6.07) is 3.52. The monoisotopic (exact) mass is 338 g/mol. The lowest BCUT2D eigenvalue weighted by atomic mass is 10.1. The standard InChI is InChI=1S/C15H23BrN4/c1-3-4-14-17-13(16)9-15(18-14)20-8-7-11-5-6-12(10-20)19(11)2/h9,11-12H,3-8,10H2,1-2H3. The lowest BCUT2D eigenvalue weighted by molar-refractivity contribution is 0.254. The Morgan fingerprint density at radius 3 is 2.85 bits per heavy atom. The van der Waals surface area contributed by atoms with E-state index in [-0.39, 0.29) is 0 Å². The molecule has 0 aliphatic carbocycles. The van der Waals surface area contributed by atoms with Crippen LogP contribution in [0.2, 0.25) is 0 Å². The van der Waals surface area contributed by atoms with E-state index in [0.717, 1.165) is 48.2 Å². The molecule has 0 aromatic carbocycles. The van der Waals surface area contributed by atoms with Crippen LogP contribution >= 0.6 is 15.9 Å². The van der Waals surface area contributed by atoms with Gasteiger partial charge in [0, 0.05) is 37.7 Å². The highest BCUT2D eigenvalue weighted by Crippen LogP contribution is 2.30. The van der Waals surface area contributed by atoms with E-state index in [4.69, 9.17) is 4.98 Å². The van der Waals surface area contributed by atoms with E-state index in [1.807, 2.05) is 0 Å². The molecule has 2 bridgehead atoms. The van der Waals surface area contributed by atoms with Crippen molar-refractivity contribution in [2.24, 2.45) is 0 Å². The minimum absolute atomic E-state index is 0.686. The molecule has 0 N–H and O–H groups in total. The Bertz CT molecular complexity index is 479. The van der Waals surface area contributed by atoms with Crippen molar-refractivity contribution < 1.29 is 0 Å². The molecule has 0 amide bonds. The van der Waals surface area contributed by atoms with Gasteiger partial charge in [0.25, 0.3) is 0 Å². The number of fused-ring (bicyclic) bond motifs is 2. The molecule has 1 aromatic rings. The van der Waals surface area contributed by atoms with Crippen LogP contribution < -0.4 is 4.90 Å². The molecule has 0 radical (unpaired) electrons. The van der Waals surface area contributed by atoms with Gasteiger partial charge in [0.05, 0.1) is 0 Å². The Morgan fingerprint density at radius 2 is 2.05 bits per heavy atom. The molecule has 20 heavy (non-hydrogen) atoms. The molecule has 3 rings (SSSR count). The van der Waals surface area contributed by atoms with Gasteiger partial charge in [-0.15, -0.1) is 0 Å². The van der Waals surface area contributed by atoms with Gasteiger partial charge >= 0.3 is 0 Å². The molecular formula is C15H23BrN4. The van der Waals surface area contributed by atoms with Crippen LogP contribution in [0.4, 0.5) is 5.82 Å². The molecule has 2 saturated heterocycles. The zero-order chi connectivity index (χ0) is 14.1. The first kappa shape index (κ1) is 14.3. The first-order valence-corrected chi connectivity index (χ1v) is 8.47. The third-order valence-corrected chi connectivity index (χ3v) is 5.08. The molecule has 0 spiro atoms. The zero-order valence-electron chi connectivity index (χ0n) is 12.3. The van der Waals surface area contributed by atoms with Crippen LogP contribution in [0.3, 0.4) is 0 Å². The average molecular weight is 339 g/mol. The number of hydrogen-bond acceptors (Lipinski definition) is 4. The molecule has 2 unspecified atom stereocenters. The highest BCUT2D eigenvalue weighted by atomic mass is 79.9. The second kappa shape index (κ2) is 5.98. The third kappa shape index (κ3) is 2.84. The molecule has 2 atom stereocenters. The fourth-order valence-electron chi connectivity index (χ4n) is 3.47. The number of rotatable bonds is 3. The molecule has 3 heterocycles. The summed E-state index contributed by atoms with van der Waals surface area (Å²) in [6.07, 6.45) is 5.97. The molecule has 0 saturated carbocycles. The largest absolute Gasteiger partial charge is 0.355 e. The van der Waals surface area contributed by atoms with E-state index in [0.29, 0.717) is 6.04 Å². The number of likely N-dealkylation sites (N-methyl/N-ethyl adjacent to an activating group) is 1. The van der Waals surface area contributed by atoms with Crippen molar-refractivity contribution >= 4 is 21.7 Å². The summed E-state index contributed by atoms with van der Waals surface area (Å²) >= 11 is 3.53. The second-order valence-electron chi connectivity index (χ2n) is 6.00. The fraction of sp³-hybridized carbons (Fsp3) is 0.733. The number of aromatic nitrogens is 2. The summed E-state index contributed by atoms with van der Waals surface area (Å²) in [5, 5.41) is 0. The lowest BCUT2D eigenvalue weighted by Gasteiger charge is -2.27. The van der Waals surface area contributed by atoms with E-state index in [1.165, 1.54) is 19.3 Å². The quantitative estimate of drug-likeness (QED) is 0.793. The second-order valence-corrected chi connectivity index (χ2v) is 6.81. The summed E-state index contributed by atoms with van der Waals surface area (Å²) < 4.78 is 0.911. The molecular weight excluding hydrogens is 316 g/mol. The summed E-state index contributed by atoms with van der Waals surface area (Å²) in [5.41, 5.74) is 0. The van der Waals surface area contributed by atoms with Crippen molar-refractivity contribution in [3.8, 4) is 0 Å². The van der Waals surface area contributed by atoms with Crippen LogP contribution in [0.5, 0.6) is 0 Å². The molecule has 1 aromatic heterocycles. The van der Waals surface area contributed by atoms with Crippen LogP contribution in [-0.2, 0) is 6.42 Å². The predicted molar refractivity (Wildman–Crippen MR) is 85.1 cm³/mol. The van der Waals surface area contributed by atoms with Gasteiger partial charge in [0.2, 0.25) is 0 Å². The zero-order valence-corrected chi connectivity index (χ0v) is 13.9. The van der Waals surface area contributed by atoms with Crippen molar-refractivity contribution in [2.75, 3.05) is 25.0 Å². The van der Waals surface area contributed by atoms with Gasteiger partial charge in [-0.1, -0.05) is 6.92 Å². The van der Waals surface area contributed by atoms with Crippen LogP contribution in [-0.4, -0.2) is 47.1 Å². The molecule has 4 nitrogen and oxygen atoms in total. The first-order chi connectivity index (χ1) is 9.67. The Kier molecular flexibility index (Phi) is 4.26. The summed E-state index contributed by atoms with van der Waals surface area (Å²) in [7, 11) is 2.28. The van der Waals surface area contributed by atoms with Crippen molar-refractivity contribution in [1.29, 1.82) is 0 Å². The summed E-state index contributed by atoms with van der Waals surface area (Å²) in [4.78, 5) is 14.3. The van der Waals surface area contributed by atoms with Crippen molar-refractivity contribution in [3.63, 3.8) is 0 Å². The molecule has 2 aliphatic rings. The maximum atomic E-state index is 4.76. The van der Waals surface area contributed by atoms with Gasteiger partial charge in [-0.05, 0) is 48.7 Å². The van der Waals surface area contributed by atoms with Crippen LogP contribution in [0.15, 0.2) is 10.7 Å². The summed E-state index contributed by atoms with van der Waals surface area (Å²) in [6.45, 7) is 4.38. The van der Waals surface area contributed by atoms with Crippen molar-refractivity contribution in [2.45, 2.75) is 51.1 Å². The Balaban J connectivity index is 1.82. The molecule has 2 aliphatic heterocycles. The van der Waals surface area contributed by atoms with Gasteiger partial charge < -0.3 is 4.90 Å². The van der Waals surface area contributed by atoms with Crippen LogP contribution in [0.25, 0.3) is 0 Å². The van der Waals surface area contributed by atoms with E-state index >= 15 is 0 Å².